The Labute approximate surface area is 185 Å². The molecule has 1 fully saturated rings. The number of aromatic nitrogens is 4. The third-order valence-electron chi connectivity index (χ3n) is 5.66. The standard InChI is InChI=1S/C24H25N5O3/c1-14-9-10-29(27-14)13-15(2)25-23(30)19-12-20(16-7-8-16)26-24-21(19)22(28-32-24)17-5-4-6-18(11-17)31-3/h4-6,9-12,15-16H,7-8,13H2,1-3H3,(H,25,30)/t15-/m0/s1. The van der Waals surface area contributed by atoms with E-state index in [0.717, 1.165) is 29.8 Å². The number of ether oxygens (including phenoxy) is 1. The number of hydrogen-bond acceptors (Lipinski definition) is 6. The van der Waals surface area contributed by atoms with Crippen LogP contribution in [-0.4, -0.2) is 39.0 Å². The van der Waals surface area contributed by atoms with E-state index in [-0.39, 0.29) is 11.9 Å². The number of carbonyl (C=O) groups is 1. The van der Waals surface area contributed by atoms with Crippen molar-refractivity contribution in [3.8, 4) is 17.0 Å². The topological polar surface area (TPSA) is 95.1 Å². The van der Waals surface area contributed by atoms with Crippen molar-refractivity contribution in [1.29, 1.82) is 0 Å². The van der Waals surface area contributed by atoms with Crippen LogP contribution >= 0.6 is 0 Å². The Kier molecular flexibility index (Phi) is 5.13. The van der Waals surface area contributed by atoms with Gasteiger partial charge in [0.05, 0.1) is 30.3 Å². The van der Waals surface area contributed by atoms with Gasteiger partial charge in [-0.3, -0.25) is 9.48 Å². The average molecular weight is 431 g/mol. The number of benzene rings is 1. The molecule has 0 spiro atoms. The summed E-state index contributed by atoms with van der Waals surface area (Å²) in [5.74, 6) is 0.902. The predicted octanol–water partition coefficient (Wildman–Crippen LogP) is 4.10. The summed E-state index contributed by atoms with van der Waals surface area (Å²) in [5.41, 5.74) is 4.12. The van der Waals surface area contributed by atoms with E-state index in [1.807, 2.05) is 61.1 Å². The molecule has 3 heterocycles. The zero-order chi connectivity index (χ0) is 22.2. The van der Waals surface area contributed by atoms with Crippen LogP contribution in [0.15, 0.2) is 47.1 Å². The van der Waals surface area contributed by atoms with E-state index in [1.54, 1.807) is 7.11 Å². The largest absolute Gasteiger partial charge is 0.497 e. The molecule has 1 aliphatic carbocycles. The van der Waals surface area contributed by atoms with Gasteiger partial charge in [-0.05, 0) is 51.0 Å². The SMILES string of the molecule is COc1cccc(-c2noc3nc(C4CC4)cc(C(=O)N[C@@H](C)Cn4ccc(C)n4)c23)c1. The van der Waals surface area contributed by atoms with Crippen LogP contribution in [0.3, 0.4) is 0 Å². The zero-order valence-electron chi connectivity index (χ0n) is 18.3. The number of fused-ring (bicyclic) bond motifs is 1. The molecule has 5 rings (SSSR count). The summed E-state index contributed by atoms with van der Waals surface area (Å²) < 4.78 is 12.8. The van der Waals surface area contributed by atoms with Gasteiger partial charge in [-0.25, -0.2) is 4.98 Å². The van der Waals surface area contributed by atoms with Crippen LogP contribution < -0.4 is 10.1 Å². The first kappa shape index (κ1) is 20.2. The van der Waals surface area contributed by atoms with Crippen LogP contribution in [0.4, 0.5) is 0 Å². The van der Waals surface area contributed by atoms with E-state index in [0.29, 0.717) is 40.6 Å². The average Bonchev–Trinajstić information content (AvgIpc) is 3.43. The number of nitrogens with zero attached hydrogens (tertiary/aromatic N) is 4. The smallest absolute Gasteiger partial charge is 0.259 e. The van der Waals surface area contributed by atoms with Gasteiger partial charge in [0.2, 0.25) is 0 Å². The first-order chi connectivity index (χ1) is 15.5. The van der Waals surface area contributed by atoms with E-state index in [2.05, 4.69) is 20.6 Å². The lowest BCUT2D eigenvalue weighted by Crippen LogP contribution is -2.36. The van der Waals surface area contributed by atoms with Crippen molar-refractivity contribution in [3.63, 3.8) is 0 Å². The number of aryl methyl sites for hydroxylation is 1. The summed E-state index contributed by atoms with van der Waals surface area (Å²) in [6.45, 7) is 4.49. The molecule has 1 N–H and O–H groups in total. The summed E-state index contributed by atoms with van der Waals surface area (Å²) in [4.78, 5) is 18.1. The predicted molar refractivity (Wildman–Crippen MR) is 120 cm³/mol. The van der Waals surface area contributed by atoms with Crippen molar-refractivity contribution in [2.75, 3.05) is 7.11 Å². The van der Waals surface area contributed by atoms with Gasteiger partial charge in [0.25, 0.3) is 11.6 Å². The van der Waals surface area contributed by atoms with Gasteiger partial charge in [0.1, 0.15) is 11.4 Å². The molecule has 1 aromatic carbocycles. The fourth-order valence-electron chi connectivity index (χ4n) is 3.90. The van der Waals surface area contributed by atoms with Crippen LogP contribution in [0.25, 0.3) is 22.4 Å². The molecule has 8 nitrogen and oxygen atoms in total. The van der Waals surface area contributed by atoms with E-state index in [1.165, 1.54) is 0 Å². The van der Waals surface area contributed by atoms with E-state index in [9.17, 15) is 4.79 Å². The second-order valence-corrected chi connectivity index (χ2v) is 8.37. The van der Waals surface area contributed by atoms with Crippen LogP contribution in [0.2, 0.25) is 0 Å². The molecule has 0 unspecified atom stereocenters. The van der Waals surface area contributed by atoms with E-state index in [4.69, 9.17) is 9.26 Å². The zero-order valence-corrected chi connectivity index (χ0v) is 18.3. The van der Waals surface area contributed by atoms with Crippen LogP contribution in [0, 0.1) is 6.92 Å². The highest BCUT2D eigenvalue weighted by Crippen LogP contribution is 2.41. The monoisotopic (exact) mass is 431 g/mol. The molecule has 0 radical (unpaired) electrons. The molecule has 164 valence electrons. The maximum Gasteiger partial charge on any atom is 0.259 e. The van der Waals surface area contributed by atoms with Gasteiger partial charge < -0.3 is 14.6 Å². The van der Waals surface area contributed by atoms with Crippen molar-refractivity contribution in [1.82, 2.24) is 25.2 Å². The minimum atomic E-state index is -0.178. The lowest BCUT2D eigenvalue weighted by molar-refractivity contribution is 0.0937. The highest BCUT2D eigenvalue weighted by atomic mass is 16.5. The van der Waals surface area contributed by atoms with Gasteiger partial charge in [0.15, 0.2) is 0 Å². The van der Waals surface area contributed by atoms with Crippen molar-refractivity contribution >= 4 is 17.0 Å². The Balaban J connectivity index is 1.52. The number of carbonyl (C=O) groups excluding carboxylic acids is 1. The van der Waals surface area contributed by atoms with Crippen molar-refractivity contribution in [3.05, 3.63) is 59.5 Å². The summed E-state index contributed by atoms with van der Waals surface area (Å²) in [6, 6.07) is 11.3. The number of nitrogens with one attached hydrogen (secondary N) is 1. The third kappa shape index (κ3) is 3.95. The third-order valence-corrected chi connectivity index (χ3v) is 5.66. The van der Waals surface area contributed by atoms with Crippen LogP contribution in [-0.2, 0) is 6.54 Å². The summed E-state index contributed by atoms with van der Waals surface area (Å²) in [6.07, 6.45) is 4.06. The molecule has 0 aliphatic heterocycles. The summed E-state index contributed by atoms with van der Waals surface area (Å²) in [7, 11) is 1.62. The number of methoxy groups -OCH3 is 1. The van der Waals surface area contributed by atoms with Gasteiger partial charge in [-0.1, -0.05) is 17.3 Å². The van der Waals surface area contributed by atoms with Gasteiger partial charge in [-0.2, -0.15) is 5.10 Å². The summed E-state index contributed by atoms with van der Waals surface area (Å²) in [5, 5.41) is 12.4. The number of amides is 1. The Bertz CT molecular complexity index is 1290. The normalized spacial score (nSPS) is 14.5. The minimum absolute atomic E-state index is 0.116. The second-order valence-electron chi connectivity index (χ2n) is 8.37. The highest BCUT2D eigenvalue weighted by molar-refractivity contribution is 6.09. The van der Waals surface area contributed by atoms with Crippen LogP contribution in [0.1, 0.15) is 47.4 Å². The second kappa shape index (κ2) is 8.11. The molecule has 0 bridgehead atoms. The molecule has 4 aromatic rings. The fraction of sp³-hybridized carbons (Fsp3) is 0.333. The molecule has 1 aliphatic rings. The molecule has 1 amide bonds. The molecule has 0 saturated heterocycles. The Morgan fingerprint density at radius 3 is 2.88 bits per heavy atom. The van der Waals surface area contributed by atoms with E-state index < -0.39 is 0 Å². The highest BCUT2D eigenvalue weighted by Gasteiger charge is 2.29. The van der Waals surface area contributed by atoms with Crippen molar-refractivity contribution in [2.45, 2.75) is 45.2 Å². The molecule has 8 heteroatoms. The van der Waals surface area contributed by atoms with Gasteiger partial charge >= 0.3 is 0 Å². The molecule has 1 atom stereocenters. The van der Waals surface area contributed by atoms with Gasteiger partial charge in [-0.15, -0.1) is 0 Å². The minimum Gasteiger partial charge on any atom is -0.497 e. The lowest BCUT2D eigenvalue weighted by Gasteiger charge is -2.15. The first-order valence-corrected chi connectivity index (χ1v) is 10.8. The molecule has 3 aromatic heterocycles. The van der Waals surface area contributed by atoms with Crippen LogP contribution in [0.5, 0.6) is 5.75 Å². The van der Waals surface area contributed by atoms with E-state index >= 15 is 0 Å². The number of pyridine rings is 1. The van der Waals surface area contributed by atoms with Crippen molar-refractivity contribution < 1.29 is 14.1 Å². The Hall–Kier alpha value is -3.68. The molecule has 32 heavy (non-hydrogen) atoms. The Morgan fingerprint density at radius 2 is 2.16 bits per heavy atom. The maximum atomic E-state index is 13.4. The summed E-state index contributed by atoms with van der Waals surface area (Å²) >= 11 is 0. The number of hydrogen-bond donors (Lipinski definition) is 1. The van der Waals surface area contributed by atoms with Gasteiger partial charge in [0, 0.05) is 29.4 Å². The first-order valence-electron chi connectivity index (χ1n) is 10.8. The van der Waals surface area contributed by atoms with Crippen molar-refractivity contribution in [2.24, 2.45) is 0 Å². The fourth-order valence-corrected chi connectivity index (χ4v) is 3.90. The molecule has 1 saturated carbocycles. The number of rotatable bonds is 7. The Morgan fingerprint density at radius 1 is 1.31 bits per heavy atom. The lowest BCUT2D eigenvalue weighted by atomic mass is 10.0. The maximum absolute atomic E-state index is 13.4. The molecular formula is C24H25N5O3. The molecular weight excluding hydrogens is 406 g/mol. The quantitative estimate of drug-likeness (QED) is 0.473.